The highest BCUT2D eigenvalue weighted by Crippen LogP contribution is 2.36. The Balaban J connectivity index is 1.08. The maximum Gasteiger partial charge on any atom is 0.224 e. The molecule has 5 heteroatoms. The molecule has 0 radical (unpaired) electrons. The van der Waals surface area contributed by atoms with Crippen LogP contribution in [0.5, 0.6) is 0 Å². The Hall–Kier alpha value is -4.61. The van der Waals surface area contributed by atoms with Crippen LogP contribution in [0.1, 0.15) is 24.8 Å². The first kappa shape index (κ1) is 23.8. The van der Waals surface area contributed by atoms with Gasteiger partial charge < -0.3 is 11.1 Å². The third-order valence-corrected chi connectivity index (χ3v) is 7.30. The van der Waals surface area contributed by atoms with Gasteiger partial charge in [-0.25, -0.2) is 5.84 Å². The van der Waals surface area contributed by atoms with Gasteiger partial charge in [0.15, 0.2) is 0 Å². The number of nitrogens with two attached hydrogens (primary N) is 2. The Morgan fingerprint density at radius 3 is 2.34 bits per heavy atom. The van der Waals surface area contributed by atoms with Crippen molar-refractivity contribution < 1.29 is 4.79 Å². The van der Waals surface area contributed by atoms with Crippen LogP contribution in [-0.4, -0.2) is 5.91 Å². The molecule has 0 atom stereocenters. The molecule has 1 aliphatic rings. The van der Waals surface area contributed by atoms with E-state index in [0.717, 1.165) is 36.2 Å². The minimum atomic E-state index is 0.00386. The lowest BCUT2D eigenvalue weighted by Crippen LogP contribution is -2.26. The first-order valence-electron chi connectivity index (χ1n) is 13.0. The summed E-state index contributed by atoms with van der Waals surface area (Å²) in [7, 11) is 0. The van der Waals surface area contributed by atoms with Gasteiger partial charge in [0.2, 0.25) is 5.91 Å². The normalized spacial score (nSPS) is 13.5. The number of allylic oxidation sites excluding steroid dienone is 3. The van der Waals surface area contributed by atoms with Crippen LogP contribution in [0, 0.1) is 0 Å². The van der Waals surface area contributed by atoms with E-state index in [0.29, 0.717) is 12.1 Å². The zero-order chi connectivity index (χ0) is 26.1. The van der Waals surface area contributed by atoms with Crippen molar-refractivity contribution in [3.63, 3.8) is 0 Å². The number of hydrogen-bond acceptors (Lipinski definition) is 4. The maximum atomic E-state index is 12.7. The lowest BCUT2D eigenvalue weighted by Gasteiger charge is -2.16. The molecule has 1 amide bonds. The average molecular weight is 499 g/mol. The number of rotatable bonds is 8. The molecule has 0 heterocycles. The first-order chi connectivity index (χ1) is 18.6. The molecule has 0 aromatic heterocycles. The van der Waals surface area contributed by atoms with Gasteiger partial charge in [-0.1, -0.05) is 72.8 Å². The Labute approximate surface area is 222 Å². The summed E-state index contributed by atoms with van der Waals surface area (Å²) in [6.45, 7) is 0. The second-order valence-corrected chi connectivity index (χ2v) is 9.82. The summed E-state index contributed by atoms with van der Waals surface area (Å²) in [6.07, 6.45) is 10.8. The van der Waals surface area contributed by atoms with Gasteiger partial charge in [-0.2, -0.15) is 0 Å². The lowest BCUT2D eigenvalue weighted by molar-refractivity contribution is -0.116. The van der Waals surface area contributed by atoms with E-state index >= 15 is 0 Å². The molecule has 6 rings (SSSR count). The van der Waals surface area contributed by atoms with Gasteiger partial charge in [-0.15, -0.1) is 0 Å². The van der Waals surface area contributed by atoms with Crippen LogP contribution >= 0.6 is 0 Å². The number of carbonyl (C=O) groups is 1. The largest absolute Gasteiger partial charge is 0.397 e. The molecule has 0 spiro atoms. The van der Waals surface area contributed by atoms with Crippen molar-refractivity contribution in [2.45, 2.75) is 25.7 Å². The first-order valence-corrected chi connectivity index (χ1v) is 13.0. The second kappa shape index (κ2) is 10.0. The van der Waals surface area contributed by atoms with E-state index in [1.165, 1.54) is 42.9 Å². The van der Waals surface area contributed by atoms with Crippen LogP contribution in [0.3, 0.4) is 0 Å². The van der Waals surface area contributed by atoms with E-state index in [1.54, 1.807) is 6.20 Å². The van der Waals surface area contributed by atoms with E-state index in [-0.39, 0.29) is 5.91 Å². The molecule has 188 valence electrons. The molecular weight excluding hydrogens is 468 g/mol. The van der Waals surface area contributed by atoms with E-state index in [4.69, 9.17) is 11.6 Å². The summed E-state index contributed by atoms with van der Waals surface area (Å²) in [5, 5.41) is 12.2. The molecule has 5 N–H and O–H groups in total. The predicted molar refractivity (Wildman–Crippen MR) is 159 cm³/mol. The van der Waals surface area contributed by atoms with E-state index < -0.39 is 0 Å². The van der Waals surface area contributed by atoms with Crippen LogP contribution in [0.4, 0.5) is 11.4 Å². The maximum absolute atomic E-state index is 12.7. The fraction of sp³-hybridized carbons (Fsp3) is 0.121. The van der Waals surface area contributed by atoms with Crippen molar-refractivity contribution >= 4 is 49.6 Å². The Morgan fingerprint density at radius 1 is 0.895 bits per heavy atom. The molecule has 38 heavy (non-hydrogen) atoms. The van der Waals surface area contributed by atoms with Crippen molar-refractivity contribution in [1.29, 1.82) is 0 Å². The van der Waals surface area contributed by atoms with Crippen LogP contribution in [0.25, 0.3) is 32.3 Å². The zero-order valence-corrected chi connectivity index (χ0v) is 21.2. The number of carbonyl (C=O) groups excluding carboxylic acids is 1. The number of benzene rings is 5. The highest BCUT2D eigenvalue weighted by atomic mass is 16.1. The van der Waals surface area contributed by atoms with Gasteiger partial charge in [0.25, 0.3) is 0 Å². The molecule has 0 fully saturated rings. The molecule has 0 aliphatic heterocycles. The average Bonchev–Trinajstić information content (AvgIpc) is 3.48. The summed E-state index contributed by atoms with van der Waals surface area (Å²) in [5.41, 5.74) is 10.5. The SMILES string of the molecule is N/C(=C\N(N)c1ccc(NC(=O)CCCc2ccc3ccc4cccc5ccc2c3c45)cc1)C1=CCC=C1. The summed E-state index contributed by atoms with van der Waals surface area (Å²) in [6, 6.07) is 27.1. The Kier molecular flexibility index (Phi) is 6.28. The molecule has 1 aliphatic carbocycles. The van der Waals surface area contributed by atoms with Gasteiger partial charge in [-0.05, 0) is 87.0 Å². The standard InChI is InChI=1S/C33H30N4O/c34-30(23-5-1-2-6-23)21-37(35)28-18-16-27(17-19-28)36-31(38)10-4-7-22-11-12-26-14-13-24-8-3-9-25-15-20-29(22)33(26)32(24)25/h1,3,5-6,8-9,11-21H,2,4,7,10,34-35H2,(H,36,38)/b30-21-. The predicted octanol–water partition coefficient (Wildman–Crippen LogP) is 6.91. The van der Waals surface area contributed by atoms with Gasteiger partial charge in [0.1, 0.15) is 0 Å². The van der Waals surface area contributed by atoms with Crippen molar-refractivity contribution in [2.75, 3.05) is 10.3 Å². The lowest BCUT2D eigenvalue weighted by atomic mass is 9.90. The van der Waals surface area contributed by atoms with Crippen LogP contribution < -0.4 is 21.9 Å². The van der Waals surface area contributed by atoms with Crippen LogP contribution in [0.15, 0.2) is 115 Å². The number of nitrogens with one attached hydrogen (secondary N) is 1. The molecule has 5 aromatic rings. The molecule has 0 saturated carbocycles. The molecular formula is C33H30N4O. The fourth-order valence-electron chi connectivity index (χ4n) is 5.36. The highest BCUT2D eigenvalue weighted by molar-refractivity contribution is 6.23. The Bertz CT molecular complexity index is 1710. The summed E-state index contributed by atoms with van der Waals surface area (Å²) >= 11 is 0. The molecule has 0 bridgehead atoms. The van der Waals surface area contributed by atoms with Gasteiger partial charge in [-0.3, -0.25) is 9.80 Å². The zero-order valence-electron chi connectivity index (χ0n) is 21.2. The monoisotopic (exact) mass is 498 g/mol. The third kappa shape index (κ3) is 4.60. The number of hydrogen-bond donors (Lipinski definition) is 3. The van der Waals surface area contributed by atoms with Crippen LogP contribution in [0.2, 0.25) is 0 Å². The molecule has 5 aromatic carbocycles. The third-order valence-electron chi connectivity index (χ3n) is 7.30. The Morgan fingerprint density at radius 2 is 1.61 bits per heavy atom. The van der Waals surface area contributed by atoms with E-state index in [2.05, 4.69) is 72.1 Å². The molecule has 0 unspecified atom stereocenters. The van der Waals surface area contributed by atoms with Crippen molar-refractivity contribution in [2.24, 2.45) is 11.6 Å². The number of hydrazine groups is 1. The van der Waals surface area contributed by atoms with Crippen molar-refractivity contribution in [3.8, 4) is 0 Å². The topological polar surface area (TPSA) is 84.4 Å². The van der Waals surface area contributed by atoms with E-state index in [9.17, 15) is 4.79 Å². The summed E-state index contributed by atoms with van der Waals surface area (Å²) < 4.78 is 0. The fourth-order valence-corrected chi connectivity index (χ4v) is 5.36. The number of aryl methyl sites for hydroxylation is 1. The van der Waals surface area contributed by atoms with Crippen LogP contribution in [-0.2, 0) is 11.2 Å². The van der Waals surface area contributed by atoms with Gasteiger partial charge in [0, 0.05) is 18.3 Å². The minimum Gasteiger partial charge on any atom is -0.397 e. The minimum absolute atomic E-state index is 0.00386. The highest BCUT2D eigenvalue weighted by Gasteiger charge is 2.12. The van der Waals surface area contributed by atoms with Crippen molar-refractivity contribution in [3.05, 3.63) is 120 Å². The summed E-state index contributed by atoms with van der Waals surface area (Å²) in [5.74, 6) is 6.17. The summed E-state index contributed by atoms with van der Waals surface area (Å²) in [4.78, 5) is 12.7. The number of nitrogens with zero attached hydrogens (tertiary/aromatic N) is 1. The van der Waals surface area contributed by atoms with Crippen molar-refractivity contribution in [1.82, 2.24) is 0 Å². The van der Waals surface area contributed by atoms with Gasteiger partial charge in [0.05, 0.1) is 11.4 Å². The number of amides is 1. The second-order valence-electron chi connectivity index (χ2n) is 9.82. The smallest absolute Gasteiger partial charge is 0.224 e. The molecule has 0 saturated heterocycles. The molecule has 5 nitrogen and oxygen atoms in total. The van der Waals surface area contributed by atoms with Gasteiger partial charge >= 0.3 is 0 Å². The quantitative estimate of drug-likeness (QED) is 0.123. The number of anilines is 2. The van der Waals surface area contributed by atoms with E-state index in [1.807, 2.05) is 30.3 Å².